The molecule has 0 aliphatic carbocycles. The van der Waals surface area contributed by atoms with E-state index in [9.17, 15) is 18.7 Å². The zero-order valence-electron chi connectivity index (χ0n) is 18.9. The number of aryl methyl sites for hydroxylation is 1. The summed E-state index contributed by atoms with van der Waals surface area (Å²) in [4.78, 5) is 13.7. The van der Waals surface area contributed by atoms with E-state index >= 15 is 0 Å². The van der Waals surface area contributed by atoms with Crippen LogP contribution in [0.1, 0.15) is 27.9 Å². The van der Waals surface area contributed by atoms with E-state index in [1.165, 1.54) is 12.1 Å². The van der Waals surface area contributed by atoms with Crippen molar-refractivity contribution in [3.63, 3.8) is 0 Å². The SMILES string of the molecule is O=C(CCc1cc(F)cc(F)c1)c1c(-c2ccccc2)n(Cc2ccccc2)c2ccc(O)cc12. The third-order valence-corrected chi connectivity index (χ3v) is 6.12. The number of hydrogen-bond acceptors (Lipinski definition) is 2. The van der Waals surface area contributed by atoms with Crippen molar-refractivity contribution >= 4 is 16.7 Å². The largest absolute Gasteiger partial charge is 0.508 e. The van der Waals surface area contributed by atoms with Gasteiger partial charge in [-0.2, -0.15) is 0 Å². The lowest BCUT2D eigenvalue weighted by Gasteiger charge is -2.13. The number of carbonyl (C=O) groups excluding carboxylic acids is 1. The molecule has 0 saturated heterocycles. The molecule has 0 saturated carbocycles. The van der Waals surface area contributed by atoms with E-state index in [4.69, 9.17) is 0 Å². The molecule has 0 unspecified atom stereocenters. The zero-order valence-corrected chi connectivity index (χ0v) is 18.9. The Hall–Kier alpha value is -4.25. The molecule has 5 heteroatoms. The maximum absolute atomic E-state index is 13.7. The van der Waals surface area contributed by atoms with E-state index in [1.807, 2.05) is 66.7 Å². The van der Waals surface area contributed by atoms with Gasteiger partial charge in [0.1, 0.15) is 17.4 Å². The van der Waals surface area contributed by atoms with Crippen molar-refractivity contribution in [2.45, 2.75) is 19.4 Å². The predicted octanol–water partition coefficient (Wildman–Crippen LogP) is 7.16. The molecule has 174 valence electrons. The van der Waals surface area contributed by atoms with Gasteiger partial charge in [0, 0.05) is 29.9 Å². The van der Waals surface area contributed by atoms with Gasteiger partial charge in [0.05, 0.1) is 11.3 Å². The Morgan fingerprint density at radius 1 is 0.771 bits per heavy atom. The number of carbonyl (C=O) groups is 1. The first-order valence-electron chi connectivity index (χ1n) is 11.4. The smallest absolute Gasteiger partial charge is 0.166 e. The number of ketones is 1. The quantitative estimate of drug-likeness (QED) is 0.258. The number of fused-ring (bicyclic) bond motifs is 1. The summed E-state index contributed by atoms with van der Waals surface area (Å²) in [6, 6.07) is 28.0. The summed E-state index contributed by atoms with van der Waals surface area (Å²) in [5.41, 5.74) is 4.45. The lowest BCUT2D eigenvalue weighted by Crippen LogP contribution is -2.06. The minimum atomic E-state index is -0.665. The molecule has 0 aliphatic heterocycles. The van der Waals surface area contributed by atoms with Crippen LogP contribution in [-0.4, -0.2) is 15.5 Å². The van der Waals surface area contributed by atoms with Crippen LogP contribution in [0.3, 0.4) is 0 Å². The fourth-order valence-corrected chi connectivity index (χ4v) is 4.59. The second-order valence-corrected chi connectivity index (χ2v) is 8.56. The Morgan fingerprint density at radius 2 is 1.43 bits per heavy atom. The fourth-order valence-electron chi connectivity index (χ4n) is 4.59. The van der Waals surface area contributed by atoms with Crippen molar-refractivity contribution in [3.8, 4) is 17.0 Å². The molecule has 1 heterocycles. The van der Waals surface area contributed by atoms with Gasteiger partial charge in [-0.15, -0.1) is 0 Å². The first-order valence-corrected chi connectivity index (χ1v) is 11.4. The Kier molecular flexibility index (Phi) is 6.15. The van der Waals surface area contributed by atoms with Crippen LogP contribution in [0.25, 0.3) is 22.2 Å². The van der Waals surface area contributed by atoms with Crippen LogP contribution in [0.15, 0.2) is 97.1 Å². The Bertz CT molecular complexity index is 1490. The highest BCUT2D eigenvalue weighted by atomic mass is 19.1. The van der Waals surface area contributed by atoms with Crippen LogP contribution in [0.5, 0.6) is 5.75 Å². The average Bonchev–Trinajstić information content (AvgIpc) is 3.16. The third kappa shape index (κ3) is 4.71. The number of hydrogen-bond donors (Lipinski definition) is 1. The van der Waals surface area contributed by atoms with Gasteiger partial charge in [-0.25, -0.2) is 8.78 Å². The van der Waals surface area contributed by atoms with E-state index in [1.54, 1.807) is 12.1 Å². The maximum Gasteiger partial charge on any atom is 0.166 e. The van der Waals surface area contributed by atoms with Crippen molar-refractivity contribution < 1.29 is 18.7 Å². The van der Waals surface area contributed by atoms with Crippen LogP contribution >= 0.6 is 0 Å². The lowest BCUT2D eigenvalue weighted by molar-refractivity contribution is 0.0985. The predicted molar refractivity (Wildman–Crippen MR) is 134 cm³/mol. The first-order chi connectivity index (χ1) is 17.0. The fraction of sp³-hybridized carbons (Fsp3) is 0.100. The zero-order chi connectivity index (χ0) is 24.4. The number of phenolic OH excluding ortho intramolecular Hbond substituents is 1. The van der Waals surface area contributed by atoms with Crippen molar-refractivity contribution in [1.82, 2.24) is 4.57 Å². The minimum Gasteiger partial charge on any atom is -0.508 e. The van der Waals surface area contributed by atoms with Gasteiger partial charge in [0.15, 0.2) is 5.78 Å². The molecule has 5 aromatic rings. The van der Waals surface area contributed by atoms with E-state index in [-0.39, 0.29) is 24.4 Å². The molecule has 0 aliphatic rings. The van der Waals surface area contributed by atoms with Crippen LogP contribution < -0.4 is 0 Å². The number of aromatic nitrogens is 1. The molecule has 0 fully saturated rings. The van der Waals surface area contributed by atoms with E-state index < -0.39 is 11.6 Å². The number of aromatic hydroxyl groups is 1. The van der Waals surface area contributed by atoms with Gasteiger partial charge in [-0.1, -0.05) is 60.7 Å². The third-order valence-electron chi connectivity index (χ3n) is 6.12. The summed E-state index contributed by atoms with van der Waals surface area (Å²) in [6.07, 6.45) is 0.273. The van der Waals surface area contributed by atoms with Crippen molar-refractivity contribution in [2.75, 3.05) is 0 Å². The van der Waals surface area contributed by atoms with Gasteiger partial charge in [0.25, 0.3) is 0 Å². The molecule has 0 bridgehead atoms. The molecule has 3 nitrogen and oxygen atoms in total. The second kappa shape index (κ2) is 9.55. The molecule has 1 N–H and O–H groups in total. The molecular formula is C30H23F2NO2. The Labute approximate surface area is 201 Å². The highest BCUT2D eigenvalue weighted by Gasteiger charge is 2.24. The lowest BCUT2D eigenvalue weighted by atomic mass is 9.97. The topological polar surface area (TPSA) is 42.2 Å². The molecule has 0 amide bonds. The van der Waals surface area contributed by atoms with Gasteiger partial charge < -0.3 is 9.67 Å². The highest BCUT2D eigenvalue weighted by Crippen LogP contribution is 2.37. The van der Waals surface area contributed by atoms with Gasteiger partial charge in [0.2, 0.25) is 0 Å². The molecule has 1 aromatic heterocycles. The first kappa shape index (κ1) is 22.5. The summed E-state index contributed by atoms with van der Waals surface area (Å²) in [6.45, 7) is 0.536. The highest BCUT2D eigenvalue weighted by molar-refractivity contribution is 6.14. The average molecular weight is 468 g/mol. The van der Waals surface area contributed by atoms with Crippen LogP contribution in [-0.2, 0) is 13.0 Å². The Balaban J connectivity index is 1.65. The van der Waals surface area contributed by atoms with E-state index in [2.05, 4.69) is 4.57 Å². The summed E-state index contributed by atoms with van der Waals surface area (Å²) >= 11 is 0. The number of rotatable bonds is 7. The molecule has 4 aromatic carbocycles. The van der Waals surface area contributed by atoms with Crippen molar-refractivity contribution in [3.05, 3.63) is 125 Å². The number of benzene rings is 4. The molecular weight excluding hydrogens is 444 g/mol. The standard InChI is InChI=1S/C30H23F2NO2/c31-23-15-21(16-24(32)17-23)11-14-28(35)29-26-18-25(34)12-13-27(26)33(19-20-7-3-1-4-8-20)30(29)22-9-5-2-6-10-22/h1-10,12-13,15-18,34H,11,14,19H2. The van der Waals surface area contributed by atoms with Gasteiger partial charge >= 0.3 is 0 Å². The van der Waals surface area contributed by atoms with Crippen LogP contribution in [0, 0.1) is 11.6 Å². The van der Waals surface area contributed by atoms with Gasteiger partial charge in [-0.3, -0.25) is 4.79 Å². The normalized spacial score (nSPS) is 11.1. The molecule has 35 heavy (non-hydrogen) atoms. The van der Waals surface area contributed by atoms with Crippen molar-refractivity contribution in [1.29, 1.82) is 0 Å². The molecule has 5 rings (SSSR count). The number of nitrogens with zero attached hydrogens (tertiary/aromatic N) is 1. The number of phenols is 1. The van der Waals surface area contributed by atoms with Crippen molar-refractivity contribution in [2.24, 2.45) is 0 Å². The van der Waals surface area contributed by atoms with Crippen LogP contribution in [0.4, 0.5) is 8.78 Å². The van der Waals surface area contributed by atoms with E-state index in [0.29, 0.717) is 23.1 Å². The van der Waals surface area contributed by atoms with Gasteiger partial charge in [-0.05, 0) is 53.4 Å². The summed E-state index contributed by atoms with van der Waals surface area (Å²) < 4.78 is 29.4. The number of halogens is 2. The number of Topliss-reactive ketones (excluding diaryl/α,β-unsaturated/α-hetero) is 1. The summed E-state index contributed by atoms with van der Waals surface area (Å²) in [5, 5.41) is 10.9. The molecule has 0 radical (unpaired) electrons. The summed E-state index contributed by atoms with van der Waals surface area (Å²) in [5.74, 6) is -1.42. The molecule has 0 atom stereocenters. The van der Waals surface area contributed by atoms with E-state index in [0.717, 1.165) is 28.4 Å². The second-order valence-electron chi connectivity index (χ2n) is 8.56. The summed E-state index contributed by atoms with van der Waals surface area (Å²) in [7, 11) is 0. The Morgan fingerprint density at radius 3 is 2.11 bits per heavy atom. The monoisotopic (exact) mass is 467 g/mol. The maximum atomic E-state index is 13.7. The molecule has 0 spiro atoms. The van der Waals surface area contributed by atoms with Crippen LogP contribution in [0.2, 0.25) is 0 Å². The minimum absolute atomic E-state index is 0.0650.